The van der Waals surface area contributed by atoms with Crippen LogP contribution in [-0.2, 0) is 11.2 Å². The highest BCUT2D eigenvalue weighted by Gasteiger charge is 2.06. The van der Waals surface area contributed by atoms with Crippen molar-refractivity contribution in [3.05, 3.63) is 54.4 Å². The lowest BCUT2D eigenvalue weighted by Crippen LogP contribution is -2.16. The molecule has 23 heavy (non-hydrogen) atoms. The number of carbonyl (C=O) groups is 1. The van der Waals surface area contributed by atoms with E-state index in [2.05, 4.69) is 41.5 Å². The van der Waals surface area contributed by atoms with Crippen molar-refractivity contribution >= 4 is 17.2 Å². The predicted octanol–water partition coefficient (Wildman–Crippen LogP) is 2.85. The molecule has 1 aromatic carbocycles. The van der Waals surface area contributed by atoms with E-state index >= 15 is 0 Å². The van der Waals surface area contributed by atoms with E-state index in [4.69, 9.17) is 5.73 Å². The summed E-state index contributed by atoms with van der Waals surface area (Å²) in [5.74, 6) is -0.0812. The third kappa shape index (κ3) is 3.40. The zero-order valence-corrected chi connectivity index (χ0v) is 13.1. The number of aryl methyl sites for hydroxylation is 1. The minimum absolute atomic E-state index is 0.0812. The summed E-state index contributed by atoms with van der Waals surface area (Å²) in [5.41, 5.74) is 10.3. The van der Waals surface area contributed by atoms with Crippen LogP contribution < -0.4 is 11.1 Å². The molecule has 5 heteroatoms. The molecular formula is C18H20N4O. The smallest absolute Gasteiger partial charge is 0.225 e. The Morgan fingerprint density at radius 2 is 1.96 bits per heavy atom. The summed E-state index contributed by atoms with van der Waals surface area (Å²) in [6, 6.07) is 12.2. The Balaban J connectivity index is 1.87. The molecule has 0 saturated carbocycles. The summed E-state index contributed by atoms with van der Waals surface area (Å²) in [6.45, 7) is 2.48. The molecule has 118 valence electrons. The first kappa shape index (κ1) is 15.2. The zero-order chi connectivity index (χ0) is 16.2. The van der Waals surface area contributed by atoms with E-state index in [1.165, 1.54) is 5.56 Å². The average Bonchev–Trinajstić information content (AvgIpc) is 2.98. The Morgan fingerprint density at radius 3 is 2.65 bits per heavy atom. The van der Waals surface area contributed by atoms with Gasteiger partial charge in [0.25, 0.3) is 0 Å². The van der Waals surface area contributed by atoms with Crippen molar-refractivity contribution in [2.75, 3.05) is 11.9 Å². The monoisotopic (exact) mass is 308 g/mol. The highest BCUT2D eigenvalue weighted by Crippen LogP contribution is 2.21. The van der Waals surface area contributed by atoms with Gasteiger partial charge >= 0.3 is 0 Å². The minimum Gasteiger partial charge on any atom is -0.330 e. The largest absolute Gasteiger partial charge is 0.330 e. The second kappa shape index (κ2) is 6.62. The number of nitrogens with one attached hydrogen (secondary N) is 1. The molecular weight excluding hydrogens is 288 g/mol. The fourth-order valence-electron chi connectivity index (χ4n) is 2.47. The highest BCUT2D eigenvalue weighted by molar-refractivity contribution is 5.90. The second-order valence-electron chi connectivity index (χ2n) is 5.45. The lowest BCUT2D eigenvalue weighted by atomic mass is 10.1. The number of nitrogens with zero attached hydrogens (tertiary/aromatic N) is 2. The highest BCUT2D eigenvalue weighted by atomic mass is 16.1. The first-order valence-corrected chi connectivity index (χ1v) is 7.77. The summed E-state index contributed by atoms with van der Waals surface area (Å²) < 4.78 is 1.92. The van der Waals surface area contributed by atoms with Crippen LogP contribution in [0.4, 0.5) is 5.69 Å². The molecule has 3 N–H and O–H groups in total. The molecule has 0 aliphatic carbocycles. The number of aromatic nitrogens is 2. The van der Waals surface area contributed by atoms with Crippen molar-refractivity contribution in [1.29, 1.82) is 0 Å². The molecule has 0 atom stereocenters. The molecule has 0 radical (unpaired) electrons. The number of imidazole rings is 1. The third-order valence-corrected chi connectivity index (χ3v) is 3.76. The van der Waals surface area contributed by atoms with Crippen molar-refractivity contribution in [2.45, 2.75) is 19.8 Å². The van der Waals surface area contributed by atoms with E-state index in [1.54, 1.807) is 0 Å². The van der Waals surface area contributed by atoms with E-state index < -0.39 is 0 Å². The van der Waals surface area contributed by atoms with Crippen LogP contribution >= 0.6 is 0 Å². The first-order chi connectivity index (χ1) is 11.2. The SMILES string of the molecule is CCc1ccc(-c2cn3cc(NC(=O)CCN)ccc3n2)cc1. The molecule has 0 aliphatic rings. The first-order valence-electron chi connectivity index (χ1n) is 7.77. The third-order valence-electron chi connectivity index (χ3n) is 3.76. The van der Waals surface area contributed by atoms with E-state index in [9.17, 15) is 4.79 Å². The van der Waals surface area contributed by atoms with E-state index in [0.717, 1.165) is 29.0 Å². The molecule has 2 heterocycles. The van der Waals surface area contributed by atoms with Gasteiger partial charge < -0.3 is 15.5 Å². The van der Waals surface area contributed by atoms with Gasteiger partial charge in [0.1, 0.15) is 5.65 Å². The van der Waals surface area contributed by atoms with E-state index in [0.29, 0.717) is 13.0 Å². The van der Waals surface area contributed by atoms with E-state index in [1.807, 2.05) is 28.9 Å². The number of benzene rings is 1. The maximum atomic E-state index is 11.6. The molecule has 0 spiro atoms. The van der Waals surface area contributed by atoms with Gasteiger partial charge in [0.2, 0.25) is 5.91 Å². The maximum absolute atomic E-state index is 11.6. The van der Waals surface area contributed by atoms with Crippen LogP contribution in [0.1, 0.15) is 18.9 Å². The van der Waals surface area contributed by atoms with Crippen LogP contribution in [0.3, 0.4) is 0 Å². The summed E-state index contributed by atoms with van der Waals surface area (Å²) in [5, 5.41) is 2.83. The molecule has 0 saturated heterocycles. The molecule has 3 aromatic rings. The minimum atomic E-state index is -0.0812. The van der Waals surface area contributed by atoms with Crippen LogP contribution in [0.15, 0.2) is 48.8 Å². The average molecular weight is 308 g/mol. The normalized spacial score (nSPS) is 10.9. The van der Waals surface area contributed by atoms with Crippen LogP contribution in [0, 0.1) is 0 Å². The molecule has 5 nitrogen and oxygen atoms in total. The summed E-state index contributed by atoms with van der Waals surface area (Å²) in [6.07, 6.45) is 5.17. The van der Waals surface area contributed by atoms with Gasteiger partial charge in [-0.25, -0.2) is 4.98 Å². The number of pyridine rings is 1. The van der Waals surface area contributed by atoms with Crippen LogP contribution in [-0.4, -0.2) is 21.8 Å². The van der Waals surface area contributed by atoms with Crippen LogP contribution in [0.2, 0.25) is 0 Å². The summed E-state index contributed by atoms with van der Waals surface area (Å²) in [7, 11) is 0. The quantitative estimate of drug-likeness (QED) is 0.761. The second-order valence-corrected chi connectivity index (χ2v) is 5.45. The zero-order valence-electron chi connectivity index (χ0n) is 13.1. The Hall–Kier alpha value is -2.66. The lowest BCUT2D eigenvalue weighted by Gasteiger charge is -2.04. The van der Waals surface area contributed by atoms with Gasteiger partial charge in [0, 0.05) is 30.9 Å². The van der Waals surface area contributed by atoms with Crippen molar-refractivity contribution in [3.63, 3.8) is 0 Å². The lowest BCUT2D eigenvalue weighted by molar-refractivity contribution is -0.116. The van der Waals surface area contributed by atoms with Crippen LogP contribution in [0.25, 0.3) is 16.9 Å². The number of nitrogens with two attached hydrogens (primary N) is 1. The molecule has 3 rings (SSSR count). The molecule has 0 fully saturated rings. The Morgan fingerprint density at radius 1 is 1.17 bits per heavy atom. The van der Waals surface area contributed by atoms with Gasteiger partial charge in [-0.15, -0.1) is 0 Å². The number of anilines is 1. The van der Waals surface area contributed by atoms with Crippen molar-refractivity contribution < 1.29 is 4.79 Å². The van der Waals surface area contributed by atoms with Gasteiger partial charge in [0.15, 0.2) is 0 Å². The Bertz CT molecular complexity index is 821. The summed E-state index contributed by atoms with van der Waals surface area (Å²) in [4.78, 5) is 16.2. The fraction of sp³-hybridized carbons (Fsp3) is 0.222. The molecule has 0 aliphatic heterocycles. The molecule has 2 aromatic heterocycles. The van der Waals surface area contributed by atoms with Gasteiger partial charge in [-0.1, -0.05) is 31.2 Å². The topological polar surface area (TPSA) is 72.4 Å². The molecule has 1 amide bonds. The number of amides is 1. The maximum Gasteiger partial charge on any atom is 0.225 e. The van der Waals surface area contributed by atoms with Crippen LogP contribution in [0.5, 0.6) is 0 Å². The summed E-state index contributed by atoms with van der Waals surface area (Å²) >= 11 is 0. The fourth-order valence-corrected chi connectivity index (χ4v) is 2.47. The van der Waals surface area contributed by atoms with Crippen molar-refractivity contribution in [3.8, 4) is 11.3 Å². The van der Waals surface area contributed by atoms with Crippen molar-refractivity contribution in [2.24, 2.45) is 5.73 Å². The van der Waals surface area contributed by atoms with Gasteiger partial charge in [-0.2, -0.15) is 0 Å². The number of hydrogen-bond donors (Lipinski definition) is 2. The Kier molecular flexibility index (Phi) is 4.39. The van der Waals surface area contributed by atoms with Crippen molar-refractivity contribution in [1.82, 2.24) is 9.38 Å². The number of carbonyl (C=O) groups excluding carboxylic acids is 1. The number of rotatable bonds is 5. The standard InChI is InChI=1S/C18H20N4O/c1-2-13-3-5-14(6-4-13)16-12-22-11-15(7-8-17(22)21-16)20-18(23)9-10-19/h3-8,11-12H,2,9-10,19H2,1H3,(H,20,23). The van der Waals surface area contributed by atoms with E-state index in [-0.39, 0.29) is 5.91 Å². The predicted molar refractivity (Wildman–Crippen MR) is 92.3 cm³/mol. The number of fused-ring (bicyclic) bond motifs is 1. The number of hydrogen-bond acceptors (Lipinski definition) is 3. The molecule has 0 bridgehead atoms. The Labute approximate surface area is 135 Å². The molecule has 0 unspecified atom stereocenters. The van der Waals surface area contributed by atoms with Gasteiger partial charge in [-0.05, 0) is 24.1 Å². The van der Waals surface area contributed by atoms with Gasteiger partial charge in [0.05, 0.1) is 11.4 Å². The van der Waals surface area contributed by atoms with Gasteiger partial charge in [-0.3, -0.25) is 4.79 Å².